The fraction of sp³-hybridized carbons (Fsp3) is 0.875. The smallest absolute Gasteiger partial charge is 0.321 e. The van der Waals surface area contributed by atoms with E-state index in [1.165, 1.54) is 0 Å². The molecular formula is C8H15NO3. The van der Waals surface area contributed by atoms with Crippen LogP contribution in [0.3, 0.4) is 0 Å². The first-order valence-corrected chi connectivity index (χ1v) is 4.15. The van der Waals surface area contributed by atoms with Crippen LogP contribution in [0, 0.1) is 0 Å². The highest BCUT2D eigenvalue weighted by molar-refractivity contribution is 5.73. The van der Waals surface area contributed by atoms with Gasteiger partial charge in [0, 0.05) is 6.54 Å². The maximum Gasteiger partial charge on any atom is 0.321 e. The largest absolute Gasteiger partial charge is 0.480 e. The number of aliphatic hydroxyl groups is 1. The molecule has 1 atom stereocenters. The van der Waals surface area contributed by atoms with Gasteiger partial charge >= 0.3 is 5.97 Å². The van der Waals surface area contributed by atoms with Crippen molar-refractivity contribution < 1.29 is 15.0 Å². The van der Waals surface area contributed by atoms with Gasteiger partial charge in [0.05, 0.1) is 0 Å². The molecule has 0 aromatic heterocycles. The predicted octanol–water partition coefficient (Wildman–Crippen LogP) is 0.264. The Morgan fingerprint density at radius 1 is 1.58 bits per heavy atom. The summed E-state index contributed by atoms with van der Waals surface area (Å²) in [4.78, 5) is 12.3. The molecule has 1 aliphatic heterocycles. The number of nitrogens with zero attached hydrogens (tertiary/aromatic N) is 1. The molecule has 1 rings (SSSR count). The molecule has 0 unspecified atom stereocenters. The zero-order chi connectivity index (χ0) is 9.35. The number of hydrogen-bond acceptors (Lipinski definition) is 3. The highest BCUT2D eigenvalue weighted by Crippen LogP contribution is 2.24. The molecule has 0 aromatic rings. The van der Waals surface area contributed by atoms with Crippen molar-refractivity contribution in [1.29, 1.82) is 0 Å². The third-order valence-corrected chi connectivity index (χ3v) is 2.24. The molecule has 0 radical (unpaired) electrons. The number of rotatable bonds is 2. The molecular weight excluding hydrogens is 158 g/mol. The molecule has 2 N–H and O–H groups in total. The second-order valence-electron chi connectivity index (χ2n) is 3.68. The van der Waals surface area contributed by atoms with Crippen LogP contribution in [0.15, 0.2) is 0 Å². The van der Waals surface area contributed by atoms with E-state index in [-0.39, 0.29) is 0 Å². The quantitative estimate of drug-likeness (QED) is 0.629. The highest BCUT2D eigenvalue weighted by Gasteiger charge is 2.38. The molecule has 70 valence electrons. The molecule has 0 aromatic carbocycles. The lowest BCUT2D eigenvalue weighted by Gasteiger charge is -2.33. The van der Waals surface area contributed by atoms with E-state index in [9.17, 15) is 9.90 Å². The first kappa shape index (κ1) is 9.48. The monoisotopic (exact) mass is 173 g/mol. The fourth-order valence-electron chi connectivity index (χ4n) is 1.68. The van der Waals surface area contributed by atoms with Crippen LogP contribution in [-0.4, -0.2) is 39.4 Å². The van der Waals surface area contributed by atoms with Crippen LogP contribution in [-0.2, 0) is 4.79 Å². The summed E-state index contributed by atoms with van der Waals surface area (Å²) in [5.41, 5.74) is -1.01. The Labute approximate surface area is 71.8 Å². The molecule has 0 spiro atoms. The van der Waals surface area contributed by atoms with E-state index in [4.69, 9.17) is 5.11 Å². The van der Waals surface area contributed by atoms with Crippen molar-refractivity contribution in [3.8, 4) is 0 Å². The fourth-order valence-corrected chi connectivity index (χ4v) is 1.68. The standard InChI is InChI=1S/C8H15NO3/c1-8(2,12)9-5-3-4-6(9)7(10)11/h6,12H,3-5H2,1-2H3,(H,10,11)/t6-/m0/s1. The Hall–Kier alpha value is -0.610. The van der Waals surface area contributed by atoms with Crippen molar-refractivity contribution in [3.63, 3.8) is 0 Å². The summed E-state index contributed by atoms with van der Waals surface area (Å²) in [5.74, 6) is -0.838. The lowest BCUT2D eigenvalue weighted by Crippen LogP contribution is -2.49. The maximum atomic E-state index is 10.7. The van der Waals surface area contributed by atoms with E-state index in [0.29, 0.717) is 13.0 Å². The number of likely N-dealkylation sites (tertiary alicyclic amines) is 1. The van der Waals surface area contributed by atoms with Gasteiger partial charge in [0.1, 0.15) is 11.8 Å². The SMILES string of the molecule is CC(C)(O)N1CCC[C@H]1C(=O)O. The number of carboxylic acid groups (broad SMARTS) is 1. The summed E-state index contributed by atoms with van der Waals surface area (Å²) in [7, 11) is 0. The zero-order valence-corrected chi connectivity index (χ0v) is 7.45. The van der Waals surface area contributed by atoms with E-state index in [1.807, 2.05) is 0 Å². The van der Waals surface area contributed by atoms with Crippen LogP contribution in [0.4, 0.5) is 0 Å². The summed E-state index contributed by atoms with van der Waals surface area (Å²) in [6, 6.07) is -0.509. The van der Waals surface area contributed by atoms with Gasteiger partial charge in [0.2, 0.25) is 0 Å². The van der Waals surface area contributed by atoms with Crippen molar-refractivity contribution >= 4 is 5.97 Å². The molecule has 4 nitrogen and oxygen atoms in total. The van der Waals surface area contributed by atoms with Gasteiger partial charge in [0.25, 0.3) is 0 Å². The number of aliphatic carboxylic acids is 1. The number of carboxylic acids is 1. The molecule has 0 amide bonds. The first-order chi connectivity index (χ1) is 5.43. The van der Waals surface area contributed by atoms with Crippen molar-refractivity contribution in [2.24, 2.45) is 0 Å². The van der Waals surface area contributed by atoms with Gasteiger partial charge in [-0.2, -0.15) is 0 Å². The minimum absolute atomic E-state index is 0.509. The zero-order valence-electron chi connectivity index (χ0n) is 7.45. The average Bonchev–Trinajstić information content (AvgIpc) is 2.30. The molecule has 1 aliphatic rings. The van der Waals surface area contributed by atoms with Gasteiger partial charge in [-0.3, -0.25) is 9.69 Å². The van der Waals surface area contributed by atoms with Crippen LogP contribution < -0.4 is 0 Å². The van der Waals surface area contributed by atoms with E-state index in [2.05, 4.69) is 0 Å². The van der Waals surface area contributed by atoms with Crippen molar-refractivity contribution in [3.05, 3.63) is 0 Å². The van der Waals surface area contributed by atoms with Crippen molar-refractivity contribution in [1.82, 2.24) is 4.90 Å². The molecule has 0 bridgehead atoms. The van der Waals surface area contributed by atoms with E-state index in [1.54, 1.807) is 18.7 Å². The van der Waals surface area contributed by atoms with Crippen molar-refractivity contribution in [2.45, 2.75) is 38.5 Å². The Morgan fingerprint density at radius 2 is 2.17 bits per heavy atom. The van der Waals surface area contributed by atoms with Crippen LogP contribution in [0.5, 0.6) is 0 Å². The van der Waals surface area contributed by atoms with Gasteiger partial charge in [-0.05, 0) is 26.7 Å². The lowest BCUT2D eigenvalue weighted by atomic mass is 10.2. The second kappa shape index (κ2) is 3.03. The van der Waals surface area contributed by atoms with Gasteiger partial charge in [-0.25, -0.2) is 0 Å². The lowest BCUT2D eigenvalue weighted by molar-refractivity contribution is -0.153. The Balaban J connectivity index is 2.71. The van der Waals surface area contributed by atoms with Crippen LogP contribution >= 0.6 is 0 Å². The van der Waals surface area contributed by atoms with E-state index < -0.39 is 17.7 Å². The van der Waals surface area contributed by atoms with E-state index in [0.717, 1.165) is 6.42 Å². The molecule has 1 fully saturated rings. The summed E-state index contributed by atoms with van der Waals surface area (Å²) in [6.07, 6.45) is 1.49. The summed E-state index contributed by atoms with van der Waals surface area (Å²) >= 11 is 0. The predicted molar refractivity (Wildman–Crippen MR) is 43.7 cm³/mol. The molecule has 12 heavy (non-hydrogen) atoms. The third-order valence-electron chi connectivity index (χ3n) is 2.24. The average molecular weight is 173 g/mol. The van der Waals surface area contributed by atoms with Gasteiger partial charge < -0.3 is 10.2 Å². The number of hydrogen-bond donors (Lipinski definition) is 2. The van der Waals surface area contributed by atoms with E-state index >= 15 is 0 Å². The first-order valence-electron chi connectivity index (χ1n) is 4.15. The minimum atomic E-state index is -1.01. The minimum Gasteiger partial charge on any atom is -0.480 e. The van der Waals surface area contributed by atoms with Gasteiger partial charge in [-0.1, -0.05) is 0 Å². The van der Waals surface area contributed by atoms with Gasteiger partial charge in [-0.15, -0.1) is 0 Å². The third kappa shape index (κ3) is 1.76. The topological polar surface area (TPSA) is 60.8 Å². The summed E-state index contributed by atoms with van der Waals surface area (Å²) < 4.78 is 0. The Bertz CT molecular complexity index is 185. The summed E-state index contributed by atoms with van der Waals surface area (Å²) in [5, 5.41) is 18.4. The number of carbonyl (C=O) groups is 1. The Kier molecular flexibility index (Phi) is 2.39. The Morgan fingerprint density at radius 3 is 2.50 bits per heavy atom. The van der Waals surface area contributed by atoms with Crippen LogP contribution in [0.25, 0.3) is 0 Å². The highest BCUT2D eigenvalue weighted by atomic mass is 16.4. The normalized spacial score (nSPS) is 26.1. The molecule has 1 heterocycles. The molecule has 1 saturated heterocycles. The second-order valence-corrected chi connectivity index (χ2v) is 3.68. The summed E-state index contributed by atoms with van der Waals surface area (Å²) in [6.45, 7) is 3.91. The van der Waals surface area contributed by atoms with Crippen LogP contribution in [0.1, 0.15) is 26.7 Å². The molecule has 4 heteroatoms. The van der Waals surface area contributed by atoms with Gasteiger partial charge in [0.15, 0.2) is 0 Å². The maximum absolute atomic E-state index is 10.7. The molecule has 0 saturated carbocycles. The molecule has 0 aliphatic carbocycles. The van der Waals surface area contributed by atoms with Crippen molar-refractivity contribution in [2.75, 3.05) is 6.54 Å². The van der Waals surface area contributed by atoms with Crippen LogP contribution in [0.2, 0.25) is 0 Å².